The van der Waals surface area contributed by atoms with Gasteiger partial charge in [0.05, 0.1) is 34.0 Å². The van der Waals surface area contributed by atoms with Crippen LogP contribution in [-0.2, 0) is 11.3 Å². The summed E-state index contributed by atoms with van der Waals surface area (Å²) in [5, 5.41) is 3.92. The van der Waals surface area contributed by atoms with Gasteiger partial charge >= 0.3 is 5.97 Å². The largest absolute Gasteiger partial charge is 0.497 e. The Bertz CT molecular complexity index is 978. The maximum absolute atomic E-state index is 12.5. The molecule has 9 nitrogen and oxygen atoms in total. The highest BCUT2D eigenvalue weighted by Gasteiger charge is 2.21. The van der Waals surface area contributed by atoms with Crippen molar-refractivity contribution in [2.45, 2.75) is 6.61 Å². The zero-order valence-electron chi connectivity index (χ0n) is 16.4. The highest BCUT2D eigenvalue weighted by atomic mass is 16.6. The first-order valence-corrected chi connectivity index (χ1v) is 8.54. The maximum Gasteiger partial charge on any atom is 0.346 e. The molecule has 0 bridgehead atoms. The van der Waals surface area contributed by atoms with E-state index in [0.29, 0.717) is 34.4 Å². The number of carbonyl (C=O) groups excluding carboxylic acids is 1. The second kappa shape index (κ2) is 8.96. The number of methoxy groups -OCH3 is 4. The molecule has 1 aromatic heterocycles. The van der Waals surface area contributed by atoms with Crippen molar-refractivity contribution in [2.24, 2.45) is 0 Å². The molecule has 0 amide bonds. The summed E-state index contributed by atoms with van der Waals surface area (Å²) in [6.45, 7) is -0.217. The number of hydrogen-bond acceptors (Lipinski definition) is 9. The van der Waals surface area contributed by atoms with E-state index in [1.807, 2.05) is 0 Å². The molecule has 3 aromatic rings. The molecule has 0 spiro atoms. The van der Waals surface area contributed by atoms with Gasteiger partial charge in [0.15, 0.2) is 6.61 Å². The Kier molecular flexibility index (Phi) is 6.18. The van der Waals surface area contributed by atoms with Gasteiger partial charge in [-0.05, 0) is 24.3 Å². The Morgan fingerprint density at radius 2 is 1.62 bits per heavy atom. The third-order valence-electron chi connectivity index (χ3n) is 4.08. The maximum atomic E-state index is 12.5. The molecule has 9 heteroatoms. The van der Waals surface area contributed by atoms with E-state index in [1.165, 1.54) is 21.3 Å². The molecule has 3 rings (SSSR count). The zero-order chi connectivity index (χ0) is 20.8. The molecule has 0 N–H and O–H groups in total. The number of esters is 1. The Hall–Kier alpha value is -3.75. The van der Waals surface area contributed by atoms with E-state index in [2.05, 4.69) is 10.1 Å². The lowest BCUT2D eigenvalue weighted by Gasteiger charge is -2.11. The lowest BCUT2D eigenvalue weighted by atomic mass is 10.2. The van der Waals surface area contributed by atoms with Gasteiger partial charge in [0.25, 0.3) is 5.89 Å². The van der Waals surface area contributed by atoms with Crippen molar-refractivity contribution in [3.05, 3.63) is 47.9 Å². The van der Waals surface area contributed by atoms with Crippen molar-refractivity contribution in [2.75, 3.05) is 28.4 Å². The molecule has 0 fully saturated rings. The van der Waals surface area contributed by atoms with Gasteiger partial charge in [-0.15, -0.1) is 0 Å². The predicted octanol–water partition coefficient (Wildman–Crippen LogP) is 3.13. The van der Waals surface area contributed by atoms with Crippen molar-refractivity contribution in [1.82, 2.24) is 10.1 Å². The van der Waals surface area contributed by atoms with Crippen LogP contribution in [0.5, 0.6) is 23.0 Å². The summed E-state index contributed by atoms with van der Waals surface area (Å²) in [6, 6.07) is 10.2. The van der Waals surface area contributed by atoms with E-state index in [4.69, 9.17) is 28.2 Å². The fraction of sp³-hybridized carbons (Fsp3) is 0.250. The summed E-state index contributed by atoms with van der Waals surface area (Å²) in [6.07, 6.45) is 0. The number of rotatable bonds is 8. The number of hydrogen-bond donors (Lipinski definition) is 0. The second-order valence-electron chi connectivity index (χ2n) is 5.69. The van der Waals surface area contributed by atoms with Gasteiger partial charge in [-0.2, -0.15) is 4.98 Å². The minimum absolute atomic E-state index is 0.125. The van der Waals surface area contributed by atoms with Crippen LogP contribution < -0.4 is 18.9 Å². The van der Waals surface area contributed by atoms with Crippen LogP contribution in [0.3, 0.4) is 0 Å². The average molecular weight is 400 g/mol. The Balaban J connectivity index is 1.76. The molecular weight excluding hydrogens is 380 g/mol. The molecule has 0 aliphatic carbocycles. The minimum atomic E-state index is -0.638. The minimum Gasteiger partial charge on any atom is -0.497 e. The van der Waals surface area contributed by atoms with Crippen LogP contribution in [0.25, 0.3) is 11.4 Å². The van der Waals surface area contributed by atoms with E-state index in [0.717, 1.165) is 0 Å². The first kappa shape index (κ1) is 20.0. The molecule has 0 saturated carbocycles. The van der Waals surface area contributed by atoms with Crippen LogP contribution in [0.4, 0.5) is 0 Å². The number of carbonyl (C=O) groups is 1. The van der Waals surface area contributed by atoms with Gasteiger partial charge in [-0.3, -0.25) is 0 Å². The number of ether oxygens (including phenoxy) is 5. The smallest absolute Gasteiger partial charge is 0.346 e. The molecule has 0 atom stereocenters. The lowest BCUT2D eigenvalue weighted by molar-refractivity contribution is 0.0422. The fourth-order valence-electron chi connectivity index (χ4n) is 2.66. The Morgan fingerprint density at radius 1 is 0.931 bits per heavy atom. The summed E-state index contributed by atoms with van der Waals surface area (Å²) in [7, 11) is 6.00. The number of nitrogens with zero attached hydrogens (tertiary/aromatic N) is 2. The van der Waals surface area contributed by atoms with Crippen molar-refractivity contribution in [3.63, 3.8) is 0 Å². The normalized spacial score (nSPS) is 10.3. The molecule has 2 aromatic carbocycles. The van der Waals surface area contributed by atoms with Crippen molar-refractivity contribution < 1.29 is 33.0 Å². The Labute approximate surface area is 167 Å². The zero-order valence-corrected chi connectivity index (χ0v) is 16.4. The molecule has 1 heterocycles. The van der Waals surface area contributed by atoms with Crippen LogP contribution in [0, 0.1) is 0 Å². The van der Waals surface area contributed by atoms with Crippen LogP contribution in [0.15, 0.2) is 40.9 Å². The molecular formula is C20H20N2O7. The highest BCUT2D eigenvalue weighted by molar-refractivity contribution is 5.95. The monoisotopic (exact) mass is 400 g/mol. The first-order chi connectivity index (χ1) is 14.1. The lowest BCUT2D eigenvalue weighted by Crippen LogP contribution is -2.09. The van der Waals surface area contributed by atoms with Crippen LogP contribution in [-0.4, -0.2) is 44.5 Å². The molecule has 0 radical (unpaired) electrons. The van der Waals surface area contributed by atoms with E-state index in [-0.39, 0.29) is 18.1 Å². The number of benzene rings is 2. The standard InChI is InChI=1S/C20H20N2O7/c1-24-12-8-9-13(16(10-12)27-4)19-21-17(29-22-19)11-28-20(23)18-14(25-2)6-5-7-15(18)26-3/h5-10H,11H2,1-4H3. The van der Waals surface area contributed by atoms with Gasteiger partial charge < -0.3 is 28.2 Å². The quantitative estimate of drug-likeness (QED) is 0.528. The summed E-state index contributed by atoms with van der Waals surface area (Å²) < 4.78 is 31.4. The molecule has 0 aliphatic heterocycles. The number of aromatic nitrogens is 2. The van der Waals surface area contributed by atoms with E-state index < -0.39 is 5.97 Å². The third kappa shape index (κ3) is 4.23. The van der Waals surface area contributed by atoms with E-state index in [1.54, 1.807) is 43.5 Å². The molecule has 152 valence electrons. The molecule has 0 unspecified atom stereocenters. The summed E-state index contributed by atoms with van der Waals surface area (Å²) in [5.41, 5.74) is 0.787. The second-order valence-corrected chi connectivity index (χ2v) is 5.69. The van der Waals surface area contributed by atoms with E-state index in [9.17, 15) is 4.79 Å². The predicted molar refractivity (Wildman–Crippen MR) is 102 cm³/mol. The Morgan fingerprint density at radius 3 is 2.24 bits per heavy atom. The van der Waals surface area contributed by atoms with Crippen LogP contribution >= 0.6 is 0 Å². The SMILES string of the molecule is COc1ccc(-c2noc(COC(=O)c3c(OC)cccc3OC)n2)c(OC)c1. The topological polar surface area (TPSA) is 102 Å². The average Bonchev–Trinajstić information content (AvgIpc) is 3.25. The van der Waals surface area contributed by atoms with Crippen LogP contribution in [0.1, 0.15) is 16.2 Å². The molecule has 0 aliphatic rings. The third-order valence-corrected chi connectivity index (χ3v) is 4.08. The van der Waals surface area contributed by atoms with Crippen molar-refractivity contribution >= 4 is 5.97 Å². The van der Waals surface area contributed by atoms with Crippen LogP contribution in [0.2, 0.25) is 0 Å². The van der Waals surface area contributed by atoms with Gasteiger partial charge in [-0.1, -0.05) is 11.2 Å². The van der Waals surface area contributed by atoms with Gasteiger partial charge in [0.1, 0.15) is 28.6 Å². The van der Waals surface area contributed by atoms with Crippen molar-refractivity contribution in [3.8, 4) is 34.4 Å². The van der Waals surface area contributed by atoms with Gasteiger partial charge in [0.2, 0.25) is 5.82 Å². The molecule has 29 heavy (non-hydrogen) atoms. The van der Waals surface area contributed by atoms with Gasteiger partial charge in [-0.25, -0.2) is 4.79 Å². The van der Waals surface area contributed by atoms with Crippen molar-refractivity contribution in [1.29, 1.82) is 0 Å². The summed E-state index contributed by atoms with van der Waals surface area (Å²) in [5.74, 6) is 1.61. The first-order valence-electron chi connectivity index (χ1n) is 8.54. The summed E-state index contributed by atoms with van der Waals surface area (Å²) >= 11 is 0. The fourth-order valence-corrected chi connectivity index (χ4v) is 2.66. The summed E-state index contributed by atoms with van der Waals surface area (Å²) in [4.78, 5) is 16.8. The van der Waals surface area contributed by atoms with E-state index >= 15 is 0 Å². The highest BCUT2D eigenvalue weighted by Crippen LogP contribution is 2.32. The van der Waals surface area contributed by atoms with Gasteiger partial charge in [0, 0.05) is 6.07 Å². The molecule has 0 saturated heterocycles.